The molecular formula is C18H17ClN2O. The average molecular weight is 313 g/mol. The van der Waals surface area contributed by atoms with Crippen LogP contribution in [0, 0.1) is 11.8 Å². The van der Waals surface area contributed by atoms with Crippen LogP contribution in [0.15, 0.2) is 48.5 Å². The van der Waals surface area contributed by atoms with E-state index < -0.39 is 0 Å². The maximum absolute atomic E-state index is 12.1. The summed E-state index contributed by atoms with van der Waals surface area (Å²) in [6.07, 6.45) is 0. The molecule has 0 saturated carbocycles. The number of halogens is 1. The third kappa shape index (κ3) is 4.28. The molecule has 0 bridgehead atoms. The predicted octanol–water partition coefficient (Wildman–Crippen LogP) is 3.19. The molecule has 0 aliphatic carbocycles. The molecule has 3 nitrogen and oxygen atoms in total. The van der Waals surface area contributed by atoms with Gasteiger partial charge in [0.2, 0.25) is 0 Å². The van der Waals surface area contributed by atoms with Crippen molar-refractivity contribution >= 4 is 23.2 Å². The number of amides is 1. The molecule has 0 aliphatic heterocycles. The van der Waals surface area contributed by atoms with E-state index in [1.54, 1.807) is 12.1 Å². The fraction of sp³-hybridized carbons (Fsp3) is 0.167. The molecule has 4 heteroatoms. The number of nitrogens with zero attached hydrogens (tertiary/aromatic N) is 1. The Hall–Kier alpha value is -2.44. The zero-order valence-corrected chi connectivity index (χ0v) is 13.3. The summed E-state index contributed by atoms with van der Waals surface area (Å²) >= 11 is 6.01. The van der Waals surface area contributed by atoms with E-state index in [2.05, 4.69) is 17.2 Å². The third-order valence-electron chi connectivity index (χ3n) is 3.06. The fourth-order valence-electron chi connectivity index (χ4n) is 1.85. The van der Waals surface area contributed by atoms with Crippen molar-refractivity contribution < 1.29 is 4.79 Å². The van der Waals surface area contributed by atoms with Crippen molar-refractivity contribution in [3.05, 3.63) is 64.7 Å². The maximum Gasteiger partial charge on any atom is 0.252 e. The molecule has 0 saturated heterocycles. The van der Waals surface area contributed by atoms with E-state index in [1.165, 1.54) is 0 Å². The lowest BCUT2D eigenvalue weighted by Crippen LogP contribution is -2.23. The molecule has 0 aromatic heterocycles. The first kappa shape index (κ1) is 15.9. The van der Waals surface area contributed by atoms with E-state index in [4.69, 9.17) is 11.6 Å². The van der Waals surface area contributed by atoms with Crippen molar-refractivity contribution in [3.63, 3.8) is 0 Å². The van der Waals surface area contributed by atoms with Crippen LogP contribution in [0.25, 0.3) is 0 Å². The Morgan fingerprint density at radius 3 is 2.68 bits per heavy atom. The molecule has 1 amide bonds. The van der Waals surface area contributed by atoms with Gasteiger partial charge < -0.3 is 10.2 Å². The minimum atomic E-state index is -0.142. The number of carbonyl (C=O) groups excluding carboxylic acids is 1. The van der Waals surface area contributed by atoms with Crippen LogP contribution in [0.1, 0.15) is 15.9 Å². The van der Waals surface area contributed by atoms with Crippen LogP contribution < -0.4 is 10.2 Å². The molecule has 0 unspecified atom stereocenters. The minimum absolute atomic E-state index is 0.142. The van der Waals surface area contributed by atoms with Crippen molar-refractivity contribution in [1.29, 1.82) is 0 Å². The largest absolute Gasteiger partial charge is 0.378 e. The van der Waals surface area contributed by atoms with Gasteiger partial charge in [0.1, 0.15) is 0 Å². The van der Waals surface area contributed by atoms with Crippen molar-refractivity contribution in [2.24, 2.45) is 0 Å². The second-order valence-corrected chi connectivity index (χ2v) is 5.32. The number of benzene rings is 2. The molecule has 0 atom stereocenters. The van der Waals surface area contributed by atoms with Crippen LogP contribution in [0.5, 0.6) is 0 Å². The summed E-state index contributed by atoms with van der Waals surface area (Å²) in [7, 11) is 3.87. The van der Waals surface area contributed by atoms with Gasteiger partial charge in [-0.25, -0.2) is 0 Å². The van der Waals surface area contributed by atoms with Crippen LogP contribution in [0.3, 0.4) is 0 Å². The number of carbonyl (C=O) groups is 1. The summed E-state index contributed by atoms with van der Waals surface area (Å²) in [6.45, 7) is 0.274. The molecule has 1 N–H and O–H groups in total. The smallest absolute Gasteiger partial charge is 0.252 e. The Balaban J connectivity index is 1.97. The highest BCUT2D eigenvalue weighted by Gasteiger charge is 2.05. The third-order valence-corrected chi connectivity index (χ3v) is 3.39. The van der Waals surface area contributed by atoms with Gasteiger partial charge in [-0.1, -0.05) is 41.6 Å². The standard InChI is InChI=1S/C18H17ClN2O/c1-21(2)16-10-5-8-15(13-16)18(22)20-12-6-9-14-7-3-4-11-17(14)19/h3-5,7-8,10-11,13H,12H2,1-2H3,(H,20,22). The van der Waals surface area contributed by atoms with Gasteiger partial charge in [0, 0.05) is 30.9 Å². The molecule has 112 valence electrons. The van der Waals surface area contributed by atoms with Gasteiger partial charge in [0.25, 0.3) is 5.91 Å². The van der Waals surface area contributed by atoms with Gasteiger partial charge in [-0.05, 0) is 30.3 Å². The van der Waals surface area contributed by atoms with Crippen LogP contribution in [-0.4, -0.2) is 26.5 Å². The predicted molar refractivity (Wildman–Crippen MR) is 91.4 cm³/mol. The van der Waals surface area contributed by atoms with E-state index in [9.17, 15) is 4.79 Å². The minimum Gasteiger partial charge on any atom is -0.378 e. The van der Waals surface area contributed by atoms with Gasteiger partial charge in [-0.2, -0.15) is 0 Å². The Morgan fingerprint density at radius 2 is 1.95 bits per heavy atom. The van der Waals surface area contributed by atoms with Gasteiger partial charge >= 0.3 is 0 Å². The highest BCUT2D eigenvalue weighted by Crippen LogP contribution is 2.14. The Bertz CT molecular complexity index is 729. The van der Waals surface area contributed by atoms with Crippen LogP contribution in [-0.2, 0) is 0 Å². The summed E-state index contributed by atoms with van der Waals surface area (Å²) < 4.78 is 0. The van der Waals surface area contributed by atoms with Crippen molar-refractivity contribution in [3.8, 4) is 11.8 Å². The SMILES string of the molecule is CN(C)c1cccc(C(=O)NCC#Cc2ccccc2Cl)c1. The molecular weight excluding hydrogens is 296 g/mol. The fourth-order valence-corrected chi connectivity index (χ4v) is 2.04. The molecule has 0 radical (unpaired) electrons. The normalized spacial score (nSPS) is 9.59. The second kappa shape index (κ2) is 7.53. The number of hydrogen-bond donors (Lipinski definition) is 1. The van der Waals surface area contributed by atoms with Gasteiger partial charge in [0.05, 0.1) is 11.6 Å². The Kier molecular flexibility index (Phi) is 5.46. The van der Waals surface area contributed by atoms with E-state index in [0.717, 1.165) is 11.3 Å². The number of anilines is 1. The van der Waals surface area contributed by atoms with E-state index in [-0.39, 0.29) is 12.5 Å². The summed E-state index contributed by atoms with van der Waals surface area (Å²) in [4.78, 5) is 14.0. The number of nitrogens with one attached hydrogen (secondary N) is 1. The van der Waals surface area contributed by atoms with Crippen LogP contribution in [0.2, 0.25) is 5.02 Å². The summed E-state index contributed by atoms with van der Waals surface area (Å²) in [5.41, 5.74) is 2.36. The molecule has 0 fully saturated rings. The lowest BCUT2D eigenvalue weighted by atomic mass is 10.2. The van der Waals surface area contributed by atoms with Crippen molar-refractivity contribution in [1.82, 2.24) is 5.32 Å². The second-order valence-electron chi connectivity index (χ2n) is 4.91. The van der Waals surface area contributed by atoms with Crippen molar-refractivity contribution in [2.75, 3.05) is 25.5 Å². The van der Waals surface area contributed by atoms with Gasteiger partial charge in [-0.3, -0.25) is 4.79 Å². The maximum atomic E-state index is 12.1. The lowest BCUT2D eigenvalue weighted by molar-refractivity contribution is 0.0958. The van der Waals surface area contributed by atoms with Crippen LogP contribution in [0.4, 0.5) is 5.69 Å². The van der Waals surface area contributed by atoms with Gasteiger partial charge in [0.15, 0.2) is 0 Å². The summed E-state index contributed by atoms with van der Waals surface area (Å²) in [5, 5.41) is 3.39. The Labute approximate surface area is 135 Å². The van der Waals surface area contributed by atoms with Gasteiger partial charge in [-0.15, -0.1) is 0 Å². The highest BCUT2D eigenvalue weighted by atomic mass is 35.5. The summed E-state index contributed by atoms with van der Waals surface area (Å²) in [5.74, 6) is 5.71. The van der Waals surface area contributed by atoms with E-state index >= 15 is 0 Å². The molecule has 2 aromatic rings. The Morgan fingerprint density at radius 1 is 1.18 bits per heavy atom. The first-order valence-electron chi connectivity index (χ1n) is 6.87. The van der Waals surface area contributed by atoms with Crippen LogP contribution >= 0.6 is 11.6 Å². The zero-order chi connectivity index (χ0) is 15.9. The number of hydrogen-bond acceptors (Lipinski definition) is 2. The highest BCUT2D eigenvalue weighted by molar-refractivity contribution is 6.31. The summed E-state index contributed by atoms with van der Waals surface area (Å²) in [6, 6.07) is 14.8. The molecule has 22 heavy (non-hydrogen) atoms. The van der Waals surface area contributed by atoms with E-state index in [1.807, 2.05) is 55.4 Å². The monoisotopic (exact) mass is 312 g/mol. The average Bonchev–Trinajstić information content (AvgIpc) is 2.53. The zero-order valence-electron chi connectivity index (χ0n) is 12.6. The lowest BCUT2D eigenvalue weighted by Gasteiger charge is -2.13. The first-order chi connectivity index (χ1) is 10.6. The molecule has 0 aliphatic rings. The topological polar surface area (TPSA) is 32.3 Å². The quantitative estimate of drug-likeness (QED) is 0.883. The first-order valence-corrected chi connectivity index (χ1v) is 7.24. The molecule has 2 rings (SSSR count). The molecule has 0 spiro atoms. The number of rotatable bonds is 3. The molecule has 0 heterocycles. The van der Waals surface area contributed by atoms with E-state index in [0.29, 0.717) is 10.6 Å². The van der Waals surface area contributed by atoms with Crippen molar-refractivity contribution in [2.45, 2.75) is 0 Å². The molecule has 2 aromatic carbocycles.